The standard InChI is InChI=1S/C10H18N2O/c1-4-9-5-11-6-10(9)7-12(3)8(2)13/h4,9-11H,1,5-7H2,2-3H3/t9-,10-/m0/s1. The lowest BCUT2D eigenvalue weighted by Crippen LogP contribution is -2.32. The van der Waals surface area contributed by atoms with Crippen LogP contribution in [0, 0.1) is 11.8 Å². The van der Waals surface area contributed by atoms with Crippen LogP contribution in [-0.4, -0.2) is 37.5 Å². The predicted molar refractivity (Wildman–Crippen MR) is 53.4 cm³/mol. The minimum Gasteiger partial charge on any atom is -0.346 e. The minimum absolute atomic E-state index is 0.134. The van der Waals surface area contributed by atoms with Gasteiger partial charge in [-0.2, -0.15) is 0 Å². The Kier molecular flexibility index (Phi) is 3.48. The Labute approximate surface area is 79.8 Å². The van der Waals surface area contributed by atoms with E-state index < -0.39 is 0 Å². The Balaban J connectivity index is 2.43. The van der Waals surface area contributed by atoms with Gasteiger partial charge in [0.2, 0.25) is 5.91 Å². The number of nitrogens with zero attached hydrogens (tertiary/aromatic N) is 1. The van der Waals surface area contributed by atoms with E-state index in [2.05, 4.69) is 11.9 Å². The van der Waals surface area contributed by atoms with Gasteiger partial charge < -0.3 is 10.2 Å². The van der Waals surface area contributed by atoms with Gasteiger partial charge >= 0.3 is 0 Å². The summed E-state index contributed by atoms with van der Waals surface area (Å²) < 4.78 is 0. The van der Waals surface area contributed by atoms with Crippen molar-refractivity contribution >= 4 is 5.91 Å². The molecule has 1 heterocycles. The maximum Gasteiger partial charge on any atom is 0.219 e. The van der Waals surface area contributed by atoms with E-state index in [1.165, 1.54) is 0 Å². The molecule has 0 saturated carbocycles. The molecule has 0 unspecified atom stereocenters. The molecule has 1 rings (SSSR count). The zero-order valence-electron chi connectivity index (χ0n) is 8.42. The van der Waals surface area contributed by atoms with Crippen LogP contribution in [0.3, 0.4) is 0 Å². The highest BCUT2D eigenvalue weighted by Gasteiger charge is 2.25. The molecule has 74 valence electrons. The van der Waals surface area contributed by atoms with Crippen molar-refractivity contribution in [2.24, 2.45) is 11.8 Å². The maximum atomic E-state index is 11.0. The molecule has 1 amide bonds. The highest BCUT2D eigenvalue weighted by molar-refractivity contribution is 5.72. The lowest BCUT2D eigenvalue weighted by molar-refractivity contribution is -0.128. The third-order valence-electron chi connectivity index (χ3n) is 2.74. The zero-order valence-corrected chi connectivity index (χ0v) is 8.42. The molecule has 0 aromatic carbocycles. The number of hydrogen-bond donors (Lipinski definition) is 1. The number of carbonyl (C=O) groups excluding carboxylic acids is 1. The summed E-state index contributed by atoms with van der Waals surface area (Å²) in [6.45, 7) is 8.23. The molecule has 2 atom stereocenters. The quantitative estimate of drug-likeness (QED) is 0.644. The fourth-order valence-electron chi connectivity index (χ4n) is 1.71. The van der Waals surface area contributed by atoms with E-state index in [1.807, 2.05) is 13.1 Å². The van der Waals surface area contributed by atoms with E-state index in [9.17, 15) is 4.79 Å². The third kappa shape index (κ3) is 2.56. The van der Waals surface area contributed by atoms with Crippen molar-refractivity contribution in [1.82, 2.24) is 10.2 Å². The normalized spacial score (nSPS) is 27.2. The van der Waals surface area contributed by atoms with Gasteiger partial charge in [0.15, 0.2) is 0 Å². The SMILES string of the molecule is C=C[C@H]1CNC[C@H]1CN(C)C(C)=O. The summed E-state index contributed by atoms with van der Waals surface area (Å²) in [5.74, 6) is 1.18. The first-order valence-corrected chi connectivity index (χ1v) is 4.70. The van der Waals surface area contributed by atoms with Crippen LogP contribution in [-0.2, 0) is 4.79 Å². The van der Waals surface area contributed by atoms with E-state index in [0.29, 0.717) is 11.8 Å². The smallest absolute Gasteiger partial charge is 0.219 e. The van der Waals surface area contributed by atoms with Crippen LogP contribution >= 0.6 is 0 Å². The van der Waals surface area contributed by atoms with E-state index in [-0.39, 0.29) is 5.91 Å². The van der Waals surface area contributed by atoms with Crippen molar-refractivity contribution in [2.75, 3.05) is 26.7 Å². The highest BCUT2D eigenvalue weighted by Crippen LogP contribution is 2.18. The number of amides is 1. The highest BCUT2D eigenvalue weighted by atomic mass is 16.2. The fraction of sp³-hybridized carbons (Fsp3) is 0.700. The summed E-state index contributed by atoms with van der Waals surface area (Å²) in [5.41, 5.74) is 0. The number of nitrogens with one attached hydrogen (secondary N) is 1. The van der Waals surface area contributed by atoms with E-state index in [1.54, 1.807) is 11.8 Å². The topological polar surface area (TPSA) is 32.3 Å². The average Bonchev–Trinajstić information content (AvgIpc) is 2.51. The van der Waals surface area contributed by atoms with Gasteiger partial charge in [0.1, 0.15) is 0 Å². The van der Waals surface area contributed by atoms with Gasteiger partial charge in [0.25, 0.3) is 0 Å². The van der Waals surface area contributed by atoms with E-state index in [4.69, 9.17) is 0 Å². The Morgan fingerprint density at radius 1 is 1.69 bits per heavy atom. The molecule has 0 aliphatic carbocycles. The lowest BCUT2D eigenvalue weighted by atomic mass is 9.96. The average molecular weight is 182 g/mol. The van der Waals surface area contributed by atoms with Crippen molar-refractivity contribution in [2.45, 2.75) is 6.92 Å². The molecule has 0 spiro atoms. The van der Waals surface area contributed by atoms with Crippen LogP contribution in [0.4, 0.5) is 0 Å². The van der Waals surface area contributed by atoms with Crippen molar-refractivity contribution < 1.29 is 4.79 Å². The predicted octanol–water partition coefficient (Wildman–Crippen LogP) is 0.486. The van der Waals surface area contributed by atoms with Gasteiger partial charge in [-0.3, -0.25) is 4.79 Å². The van der Waals surface area contributed by atoms with Gasteiger partial charge in [-0.25, -0.2) is 0 Å². The Hall–Kier alpha value is -0.830. The molecule has 1 fully saturated rings. The Morgan fingerprint density at radius 2 is 2.38 bits per heavy atom. The van der Waals surface area contributed by atoms with Crippen LogP contribution < -0.4 is 5.32 Å². The second-order valence-corrected chi connectivity index (χ2v) is 3.72. The first kappa shape index (κ1) is 10.3. The van der Waals surface area contributed by atoms with Crippen LogP contribution in [0.5, 0.6) is 0 Å². The minimum atomic E-state index is 0.134. The first-order chi connectivity index (χ1) is 6.15. The molecule has 0 radical (unpaired) electrons. The molecule has 3 heteroatoms. The van der Waals surface area contributed by atoms with E-state index in [0.717, 1.165) is 19.6 Å². The molecule has 3 nitrogen and oxygen atoms in total. The summed E-state index contributed by atoms with van der Waals surface area (Å²) in [7, 11) is 1.85. The van der Waals surface area contributed by atoms with Crippen molar-refractivity contribution in [3.05, 3.63) is 12.7 Å². The molecular weight excluding hydrogens is 164 g/mol. The number of hydrogen-bond acceptors (Lipinski definition) is 2. The van der Waals surface area contributed by atoms with Gasteiger partial charge in [0.05, 0.1) is 0 Å². The monoisotopic (exact) mass is 182 g/mol. The van der Waals surface area contributed by atoms with E-state index >= 15 is 0 Å². The molecule has 1 saturated heterocycles. The second-order valence-electron chi connectivity index (χ2n) is 3.72. The number of rotatable bonds is 3. The first-order valence-electron chi connectivity index (χ1n) is 4.70. The van der Waals surface area contributed by atoms with Gasteiger partial charge in [0, 0.05) is 33.6 Å². The van der Waals surface area contributed by atoms with Crippen LogP contribution in [0.25, 0.3) is 0 Å². The summed E-state index contributed by atoms with van der Waals surface area (Å²) in [6.07, 6.45) is 1.98. The number of carbonyl (C=O) groups is 1. The maximum absolute atomic E-state index is 11.0. The molecule has 1 N–H and O–H groups in total. The van der Waals surface area contributed by atoms with Gasteiger partial charge in [-0.15, -0.1) is 6.58 Å². The fourth-order valence-corrected chi connectivity index (χ4v) is 1.71. The second kappa shape index (κ2) is 4.42. The largest absolute Gasteiger partial charge is 0.346 e. The molecule has 1 aliphatic rings. The summed E-state index contributed by atoms with van der Waals surface area (Å²) >= 11 is 0. The Bertz CT molecular complexity index is 203. The molecule has 1 aliphatic heterocycles. The summed E-state index contributed by atoms with van der Waals surface area (Å²) in [6, 6.07) is 0. The van der Waals surface area contributed by atoms with Crippen LogP contribution in [0.2, 0.25) is 0 Å². The van der Waals surface area contributed by atoms with Crippen molar-refractivity contribution in [3.8, 4) is 0 Å². The Morgan fingerprint density at radius 3 is 2.92 bits per heavy atom. The van der Waals surface area contributed by atoms with Gasteiger partial charge in [-0.05, 0) is 11.8 Å². The van der Waals surface area contributed by atoms with Crippen LogP contribution in [0.15, 0.2) is 12.7 Å². The summed E-state index contributed by atoms with van der Waals surface area (Å²) in [5, 5.41) is 3.31. The molecular formula is C10H18N2O. The molecule has 0 aromatic heterocycles. The molecule has 13 heavy (non-hydrogen) atoms. The lowest BCUT2D eigenvalue weighted by Gasteiger charge is -2.22. The van der Waals surface area contributed by atoms with Gasteiger partial charge in [-0.1, -0.05) is 6.08 Å². The zero-order chi connectivity index (χ0) is 9.84. The van der Waals surface area contributed by atoms with Crippen molar-refractivity contribution in [3.63, 3.8) is 0 Å². The summed E-state index contributed by atoms with van der Waals surface area (Å²) in [4.78, 5) is 12.8. The van der Waals surface area contributed by atoms with Crippen LogP contribution in [0.1, 0.15) is 6.92 Å². The molecule has 0 aromatic rings. The third-order valence-corrected chi connectivity index (χ3v) is 2.74. The molecule has 0 bridgehead atoms. The van der Waals surface area contributed by atoms with Crippen molar-refractivity contribution in [1.29, 1.82) is 0 Å².